The molecule has 2 amide bonds. The van der Waals surface area contributed by atoms with Crippen LogP contribution in [0.15, 0.2) is 48.5 Å². The number of ether oxygens (including phenoxy) is 1. The zero-order valence-corrected chi connectivity index (χ0v) is 19.5. The number of amides is 2. The Bertz CT molecular complexity index is 1010. The Morgan fingerprint density at radius 3 is 2.09 bits per heavy atom. The van der Waals surface area contributed by atoms with Crippen molar-refractivity contribution in [2.45, 2.75) is 57.4 Å². The van der Waals surface area contributed by atoms with Crippen molar-refractivity contribution in [3.63, 3.8) is 0 Å². The predicted octanol–water partition coefficient (Wildman–Crippen LogP) is 4.46. The van der Waals surface area contributed by atoms with Gasteiger partial charge in [0.1, 0.15) is 12.6 Å². The Kier molecular flexibility index (Phi) is 7.20. The second-order valence-corrected chi connectivity index (χ2v) is 9.41. The summed E-state index contributed by atoms with van der Waals surface area (Å²) in [4.78, 5) is 37.0. The van der Waals surface area contributed by atoms with E-state index in [4.69, 9.17) is 4.74 Å². The minimum absolute atomic E-state index is 0.0621. The first-order chi connectivity index (χ1) is 16.4. The maximum atomic E-state index is 12.6. The molecular weight excluding hydrogens is 432 g/mol. The monoisotopic (exact) mass is 464 g/mol. The van der Waals surface area contributed by atoms with Gasteiger partial charge in [-0.15, -0.1) is 0 Å². The fourth-order valence-electron chi connectivity index (χ4n) is 5.16. The average molecular weight is 465 g/mol. The highest BCUT2D eigenvalue weighted by molar-refractivity contribution is 5.86. The Balaban J connectivity index is 1.31. The van der Waals surface area contributed by atoms with Crippen molar-refractivity contribution < 1.29 is 24.2 Å². The van der Waals surface area contributed by atoms with Crippen LogP contribution in [0.2, 0.25) is 0 Å². The van der Waals surface area contributed by atoms with E-state index in [9.17, 15) is 19.5 Å². The molecule has 4 rings (SSSR count). The number of carbonyl (C=O) groups excluding carboxylic acids is 2. The average Bonchev–Trinajstić information content (AvgIpc) is 2.97. The molecular formula is C27H32N2O5. The molecule has 0 saturated heterocycles. The van der Waals surface area contributed by atoms with Crippen LogP contribution in [0.25, 0.3) is 11.1 Å². The van der Waals surface area contributed by atoms with Crippen LogP contribution < -0.4 is 10.6 Å². The molecule has 1 unspecified atom stereocenters. The Morgan fingerprint density at radius 1 is 0.971 bits per heavy atom. The van der Waals surface area contributed by atoms with E-state index in [0.29, 0.717) is 12.8 Å². The van der Waals surface area contributed by atoms with E-state index in [2.05, 4.69) is 22.8 Å². The molecule has 1 fully saturated rings. The second-order valence-electron chi connectivity index (χ2n) is 9.41. The summed E-state index contributed by atoms with van der Waals surface area (Å²) in [5.74, 6) is -1.35. The Labute approximate surface area is 199 Å². The minimum Gasteiger partial charge on any atom is -0.481 e. The van der Waals surface area contributed by atoms with Gasteiger partial charge >= 0.3 is 12.1 Å². The molecule has 0 bridgehead atoms. The Morgan fingerprint density at radius 2 is 1.53 bits per heavy atom. The third-order valence-electron chi connectivity index (χ3n) is 7.19. The van der Waals surface area contributed by atoms with E-state index in [0.717, 1.165) is 47.9 Å². The minimum atomic E-state index is -0.935. The summed E-state index contributed by atoms with van der Waals surface area (Å²) < 4.78 is 5.51. The second kappa shape index (κ2) is 10.3. The number of rotatable bonds is 7. The number of benzene rings is 2. The highest BCUT2D eigenvalue weighted by Gasteiger charge is 2.39. The molecule has 0 aliphatic heterocycles. The first kappa shape index (κ1) is 23.8. The van der Waals surface area contributed by atoms with Crippen molar-refractivity contribution in [2.24, 2.45) is 5.41 Å². The van der Waals surface area contributed by atoms with Crippen LogP contribution in [-0.2, 0) is 14.3 Å². The standard InChI is InChI=1S/C27H32N2O5/c1-18(24(30)28-17-27(25(31)32)14-8-2-3-9-15-27)29-26(33)34-16-23-21-12-6-4-10-19(21)20-11-5-7-13-22(20)23/h4-7,10-13,18,23H,2-3,8-9,14-17H2,1H3,(H,28,30)(H,29,33)(H,31,32). The first-order valence-corrected chi connectivity index (χ1v) is 12.0. The molecule has 2 aromatic carbocycles. The lowest BCUT2D eigenvalue weighted by molar-refractivity contribution is -0.149. The van der Waals surface area contributed by atoms with E-state index in [1.54, 1.807) is 6.92 Å². The normalized spacial score (nSPS) is 17.6. The number of hydrogen-bond acceptors (Lipinski definition) is 4. The van der Waals surface area contributed by atoms with E-state index >= 15 is 0 Å². The van der Waals surface area contributed by atoms with Crippen molar-refractivity contribution in [1.29, 1.82) is 0 Å². The van der Waals surface area contributed by atoms with Gasteiger partial charge in [-0.05, 0) is 42.0 Å². The van der Waals surface area contributed by atoms with Crippen molar-refractivity contribution in [3.05, 3.63) is 59.7 Å². The van der Waals surface area contributed by atoms with Crippen LogP contribution in [0.3, 0.4) is 0 Å². The van der Waals surface area contributed by atoms with Gasteiger partial charge in [-0.2, -0.15) is 0 Å². The van der Waals surface area contributed by atoms with Crippen molar-refractivity contribution in [3.8, 4) is 11.1 Å². The molecule has 1 atom stereocenters. The molecule has 34 heavy (non-hydrogen) atoms. The fraction of sp³-hybridized carbons (Fsp3) is 0.444. The van der Waals surface area contributed by atoms with Gasteiger partial charge in [-0.1, -0.05) is 74.2 Å². The summed E-state index contributed by atoms with van der Waals surface area (Å²) in [5, 5.41) is 15.1. The highest BCUT2D eigenvalue weighted by Crippen LogP contribution is 2.44. The lowest BCUT2D eigenvalue weighted by Gasteiger charge is -2.28. The van der Waals surface area contributed by atoms with Crippen LogP contribution >= 0.6 is 0 Å². The maximum absolute atomic E-state index is 12.6. The van der Waals surface area contributed by atoms with Crippen LogP contribution in [0, 0.1) is 5.41 Å². The van der Waals surface area contributed by atoms with Gasteiger partial charge in [0, 0.05) is 12.5 Å². The van der Waals surface area contributed by atoms with Gasteiger partial charge < -0.3 is 20.5 Å². The third-order valence-corrected chi connectivity index (χ3v) is 7.19. The summed E-state index contributed by atoms with van der Waals surface area (Å²) in [5.41, 5.74) is 3.58. The summed E-state index contributed by atoms with van der Waals surface area (Å²) in [6.45, 7) is 1.80. The lowest BCUT2D eigenvalue weighted by Crippen LogP contribution is -2.49. The molecule has 0 spiro atoms. The summed E-state index contributed by atoms with van der Waals surface area (Å²) in [6.07, 6.45) is 4.15. The number of carboxylic acid groups (broad SMARTS) is 1. The topological polar surface area (TPSA) is 105 Å². The third kappa shape index (κ3) is 4.93. The SMILES string of the molecule is CC(NC(=O)OCC1c2ccccc2-c2ccccc21)C(=O)NCC1(C(=O)O)CCCCCC1. The predicted molar refractivity (Wildman–Crippen MR) is 128 cm³/mol. The number of nitrogens with one attached hydrogen (secondary N) is 2. The smallest absolute Gasteiger partial charge is 0.407 e. The molecule has 2 aromatic rings. The number of alkyl carbamates (subject to hydrolysis) is 1. The summed E-state index contributed by atoms with van der Waals surface area (Å²) in [6, 6.07) is 15.3. The molecule has 7 heteroatoms. The molecule has 0 radical (unpaired) electrons. The van der Waals surface area contributed by atoms with Crippen LogP contribution in [0.1, 0.15) is 62.5 Å². The van der Waals surface area contributed by atoms with Crippen molar-refractivity contribution in [1.82, 2.24) is 10.6 Å². The van der Waals surface area contributed by atoms with Gasteiger partial charge in [0.2, 0.25) is 5.91 Å². The van der Waals surface area contributed by atoms with Gasteiger partial charge in [0.05, 0.1) is 5.41 Å². The summed E-state index contributed by atoms with van der Waals surface area (Å²) in [7, 11) is 0. The largest absolute Gasteiger partial charge is 0.481 e. The molecule has 1 saturated carbocycles. The zero-order valence-electron chi connectivity index (χ0n) is 19.5. The molecule has 180 valence electrons. The van der Waals surface area contributed by atoms with Crippen molar-refractivity contribution in [2.75, 3.05) is 13.2 Å². The fourth-order valence-corrected chi connectivity index (χ4v) is 5.16. The highest BCUT2D eigenvalue weighted by atomic mass is 16.5. The maximum Gasteiger partial charge on any atom is 0.407 e. The van der Waals surface area contributed by atoms with Crippen LogP contribution in [0.5, 0.6) is 0 Å². The van der Waals surface area contributed by atoms with Gasteiger partial charge in [0.25, 0.3) is 0 Å². The molecule has 0 aromatic heterocycles. The van der Waals surface area contributed by atoms with E-state index < -0.39 is 29.4 Å². The molecule has 2 aliphatic carbocycles. The Hall–Kier alpha value is -3.35. The number of aliphatic carboxylic acids is 1. The zero-order chi connectivity index (χ0) is 24.1. The molecule has 3 N–H and O–H groups in total. The van der Waals surface area contributed by atoms with Gasteiger partial charge in [0.15, 0.2) is 0 Å². The first-order valence-electron chi connectivity index (χ1n) is 12.0. The van der Waals surface area contributed by atoms with Crippen LogP contribution in [-0.4, -0.2) is 42.3 Å². The number of carbonyl (C=O) groups is 3. The number of fused-ring (bicyclic) bond motifs is 3. The molecule has 2 aliphatic rings. The molecule has 0 heterocycles. The van der Waals surface area contributed by atoms with E-state index in [1.807, 2.05) is 36.4 Å². The number of carboxylic acids is 1. The summed E-state index contributed by atoms with van der Waals surface area (Å²) >= 11 is 0. The van der Waals surface area contributed by atoms with Gasteiger partial charge in [-0.25, -0.2) is 4.79 Å². The van der Waals surface area contributed by atoms with Crippen molar-refractivity contribution >= 4 is 18.0 Å². The van der Waals surface area contributed by atoms with Crippen LogP contribution in [0.4, 0.5) is 4.79 Å². The van der Waals surface area contributed by atoms with E-state index in [1.165, 1.54) is 0 Å². The number of hydrogen-bond donors (Lipinski definition) is 3. The quantitative estimate of drug-likeness (QED) is 0.525. The van der Waals surface area contributed by atoms with E-state index in [-0.39, 0.29) is 19.1 Å². The lowest BCUT2D eigenvalue weighted by atomic mass is 9.80. The van der Waals surface area contributed by atoms with Gasteiger partial charge in [-0.3, -0.25) is 9.59 Å². The molecule has 7 nitrogen and oxygen atoms in total.